The van der Waals surface area contributed by atoms with Crippen LogP contribution in [0.5, 0.6) is 0 Å². The minimum absolute atomic E-state index is 0.356. The van der Waals surface area contributed by atoms with Gasteiger partial charge in [0.15, 0.2) is 0 Å². The lowest BCUT2D eigenvalue weighted by atomic mass is 10.2. The molecule has 2 N–H and O–H groups in total. The molecule has 4 heteroatoms. The van der Waals surface area contributed by atoms with Gasteiger partial charge >= 0.3 is 0 Å². The van der Waals surface area contributed by atoms with Crippen LogP contribution in [0.3, 0.4) is 0 Å². The fraction of sp³-hybridized carbons (Fsp3) is 0.273. The van der Waals surface area contributed by atoms with E-state index >= 15 is 0 Å². The van der Waals surface area contributed by atoms with Gasteiger partial charge in [-0.2, -0.15) is 0 Å². The third kappa shape index (κ3) is 3.69. The zero-order valence-electron chi connectivity index (χ0n) is 8.99. The first-order chi connectivity index (χ1) is 6.79. The van der Waals surface area contributed by atoms with Crippen molar-refractivity contribution in [2.24, 2.45) is 0 Å². The van der Waals surface area contributed by atoms with Crippen LogP contribution in [0.15, 0.2) is 16.6 Å². The van der Waals surface area contributed by atoms with E-state index in [2.05, 4.69) is 47.0 Å². The normalized spacial score (nSPS) is 10.7. The van der Waals surface area contributed by atoms with Crippen molar-refractivity contribution >= 4 is 29.7 Å². The molecule has 0 aromatic heterocycles. The van der Waals surface area contributed by atoms with Crippen molar-refractivity contribution in [2.45, 2.75) is 19.6 Å². The Morgan fingerprint density at radius 2 is 1.93 bits per heavy atom. The Labute approximate surface area is 99.0 Å². The van der Waals surface area contributed by atoms with Crippen molar-refractivity contribution in [1.29, 1.82) is 0 Å². The molecule has 0 amide bonds. The van der Waals surface area contributed by atoms with E-state index in [9.17, 15) is 4.39 Å². The summed E-state index contributed by atoms with van der Waals surface area (Å²) in [7, 11) is -1.42. The maximum absolute atomic E-state index is 13.1. The topological polar surface area (TPSA) is 26.0 Å². The van der Waals surface area contributed by atoms with Crippen molar-refractivity contribution in [1.82, 2.24) is 0 Å². The molecule has 0 unspecified atom stereocenters. The molecule has 1 nitrogen and oxygen atoms in total. The lowest BCUT2D eigenvalue weighted by Gasteiger charge is -2.05. The predicted octanol–water partition coefficient (Wildman–Crippen LogP) is 3.40. The summed E-state index contributed by atoms with van der Waals surface area (Å²) in [6, 6.07) is 2.91. The molecule has 0 aliphatic heterocycles. The second-order valence-electron chi connectivity index (χ2n) is 4.35. The van der Waals surface area contributed by atoms with Crippen molar-refractivity contribution in [3.8, 4) is 11.5 Å². The Kier molecular flexibility index (Phi) is 3.58. The van der Waals surface area contributed by atoms with Gasteiger partial charge in [0.25, 0.3) is 0 Å². The van der Waals surface area contributed by atoms with E-state index in [1.807, 2.05) is 0 Å². The first-order valence-electron chi connectivity index (χ1n) is 4.57. The highest BCUT2D eigenvalue weighted by molar-refractivity contribution is 9.10. The second kappa shape index (κ2) is 4.38. The van der Waals surface area contributed by atoms with Gasteiger partial charge in [0.2, 0.25) is 0 Å². The molecule has 0 radical (unpaired) electrons. The van der Waals surface area contributed by atoms with Crippen LogP contribution in [0.1, 0.15) is 5.56 Å². The van der Waals surface area contributed by atoms with E-state index < -0.39 is 8.07 Å². The Bertz CT molecular complexity index is 440. The summed E-state index contributed by atoms with van der Waals surface area (Å²) >= 11 is 3.11. The van der Waals surface area contributed by atoms with Gasteiger partial charge in [0, 0.05) is 5.56 Å². The number of hydrogen-bond donors (Lipinski definition) is 1. The highest BCUT2D eigenvalue weighted by Gasteiger charge is 2.09. The van der Waals surface area contributed by atoms with Crippen molar-refractivity contribution in [3.05, 3.63) is 28.0 Å². The van der Waals surface area contributed by atoms with Gasteiger partial charge in [-0.05, 0) is 28.1 Å². The summed E-state index contributed by atoms with van der Waals surface area (Å²) in [6.45, 7) is 6.44. The zero-order chi connectivity index (χ0) is 11.6. The molecule has 0 heterocycles. The van der Waals surface area contributed by atoms with E-state index in [0.717, 1.165) is 0 Å². The van der Waals surface area contributed by atoms with Crippen LogP contribution < -0.4 is 5.73 Å². The molecular weight excluding hydrogens is 273 g/mol. The summed E-state index contributed by atoms with van der Waals surface area (Å²) < 4.78 is 13.5. The molecule has 0 fully saturated rings. The van der Waals surface area contributed by atoms with E-state index in [1.165, 1.54) is 6.07 Å². The van der Waals surface area contributed by atoms with Gasteiger partial charge in [0.1, 0.15) is 13.9 Å². The number of nitrogen functional groups attached to an aromatic ring is 1. The Morgan fingerprint density at radius 3 is 2.47 bits per heavy atom. The Morgan fingerprint density at radius 1 is 1.33 bits per heavy atom. The monoisotopic (exact) mass is 285 g/mol. The first-order valence-corrected chi connectivity index (χ1v) is 8.86. The largest absolute Gasteiger partial charge is 0.398 e. The minimum Gasteiger partial charge on any atom is -0.398 e. The van der Waals surface area contributed by atoms with Gasteiger partial charge in [-0.15, -0.1) is 5.54 Å². The van der Waals surface area contributed by atoms with Crippen molar-refractivity contribution in [3.63, 3.8) is 0 Å². The van der Waals surface area contributed by atoms with Crippen LogP contribution in [0.25, 0.3) is 0 Å². The lowest BCUT2D eigenvalue weighted by molar-refractivity contribution is 0.621. The summed E-state index contributed by atoms with van der Waals surface area (Å²) in [4.78, 5) is 0. The molecule has 1 aromatic rings. The Hall–Kier alpha value is -0.793. The molecule has 0 atom stereocenters. The number of hydrogen-bond acceptors (Lipinski definition) is 1. The molecule has 0 saturated carbocycles. The van der Waals surface area contributed by atoms with Crippen LogP contribution in [-0.4, -0.2) is 8.07 Å². The summed E-state index contributed by atoms with van der Waals surface area (Å²) in [5.41, 5.74) is 9.94. The average Bonchev–Trinajstić information content (AvgIpc) is 2.07. The maximum Gasteiger partial charge on any atom is 0.139 e. The summed E-state index contributed by atoms with van der Waals surface area (Å²) in [5, 5.41) is 0. The summed E-state index contributed by atoms with van der Waals surface area (Å²) in [6.07, 6.45) is 0. The molecule has 0 bridgehead atoms. The minimum atomic E-state index is -1.42. The quantitative estimate of drug-likeness (QED) is 0.441. The van der Waals surface area contributed by atoms with Gasteiger partial charge in [0.05, 0.1) is 10.2 Å². The highest BCUT2D eigenvalue weighted by Crippen LogP contribution is 2.21. The van der Waals surface area contributed by atoms with E-state index in [-0.39, 0.29) is 5.82 Å². The molecule has 15 heavy (non-hydrogen) atoms. The van der Waals surface area contributed by atoms with Crippen molar-refractivity contribution in [2.75, 3.05) is 5.73 Å². The molecular formula is C11H13BrFNSi. The first kappa shape index (κ1) is 12.3. The number of rotatable bonds is 0. The van der Waals surface area contributed by atoms with E-state index in [1.54, 1.807) is 6.07 Å². The SMILES string of the molecule is C[Si](C)(C)C#Cc1cc(Br)c(F)cc1N. The average molecular weight is 286 g/mol. The fourth-order valence-corrected chi connectivity index (χ4v) is 1.78. The third-order valence-electron chi connectivity index (χ3n) is 1.66. The van der Waals surface area contributed by atoms with E-state index in [0.29, 0.717) is 15.7 Å². The van der Waals surface area contributed by atoms with Gasteiger partial charge in [-0.3, -0.25) is 0 Å². The number of anilines is 1. The Balaban J connectivity index is 3.15. The second-order valence-corrected chi connectivity index (χ2v) is 9.96. The molecule has 0 saturated heterocycles. The molecule has 80 valence electrons. The third-order valence-corrected chi connectivity index (χ3v) is 3.15. The summed E-state index contributed by atoms with van der Waals surface area (Å²) in [5.74, 6) is 2.66. The number of benzene rings is 1. The van der Waals surface area contributed by atoms with Crippen LogP contribution in [-0.2, 0) is 0 Å². The van der Waals surface area contributed by atoms with Gasteiger partial charge < -0.3 is 5.73 Å². The van der Waals surface area contributed by atoms with Crippen molar-refractivity contribution < 1.29 is 4.39 Å². The standard InChI is InChI=1S/C11H13BrFNSi/c1-15(2,3)5-4-8-6-9(12)10(13)7-11(8)14/h6-7H,14H2,1-3H3. The highest BCUT2D eigenvalue weighted by atomic mass is 79.9. The number of halogens is 2. The predicted molar refractivity (Wildman–Crippen MR) is 68.7 cm³/mol. The fourth-order valence-electron chi connectivity index (χ4n) is 0.925. The number of nitrogens with two attached hydrogens (primary N) is 1. The molecule has 0 spiro atoms. The van der Waals surface area contributed by atoms with Gasteiger partial charge in [-0.1, -0.05) is 25.6 Å². The van der Waals surface area contributed by atoms with Crippen LogP contribution in [0, 0.1) is 17.3 Å². The van der Waals surface area contributed by atoms with Crippen LogP contribution in [0.4, 0.5) is 10.1 Å². The molecule has 1 rings (SSSR count). The lowest BCUT2D eigenvalue weighted by Crippen LogP contribution is -2.16. The molecule has 0 aliphatic rings. The maximum atomic E-state index is 13.1. The zero-order valence-corrected chi connectivity index (χ0v) is 11.6. The van der Waals surface area contributed by atoms with Crippen LogP contribution >= 0.6 is 15.9 Å². The van der Waals surface area contributed by atoms with E-state index in [4.69, 9.17) is 5.73 Å². The molecule has 0 aliphatic carbocycles. The smallest absolute Gasteiger partial charge is 0.139 e. The van der Waals surface area contributed by atoms with Gasteiger partial charge in [-0.25, -0.2) is 4.39 Å². The van der Waals surface area contributed by atoms with Crippen LogP contribution in [0.2, 0.25) is 19.6 Å². The molecule has 1 aromatic carbocycles.